The van der Waals surface area contributed by atoms with Crippen molar-refractivity contribution >= 4 is 0 Å². The van der Waals surface area contributed by atoms with Gasteiger partial charge in [0.1, 0.15) is 0 Å². The van der Waals surface area contributed by atoms with E-state index in [-0.39, 0.29) is 12.2 Å². The van der Waals surface area contributed by atoms with E-state index in [1.807, 2.05) is 6.08 Å². The summed E-state index contributed by atoms with van der Waals surface area (Å²) in [6.45, 7) is 9.14. The normalized spacial score (nSPS) is 26.3. The zero-order chi connectivity index (χ0) is 18.0. The molecule has 0 amide bonds. The lowest BCUT2D eigenvalue weighted by atomic mass is 9.82. The molecule has 0 aromatic heterocycles. The second-order valence-corrected chi connectivity index (χ2v) is 8.69. The Morgan fingerprint density at radius 1 is 1.12 bits per heavy atom. The minimum atomic E-state index is -0.305. The molecule has 2 nitrogen and oxygen atoms in total. The van der Waals surface area contributed by atoms with Crippen LogP contribution in [0.15, 0.2) is 12.2 Å². The van der Waals surface area contributed by atoms with Gasteiger partial charge in [-0.15, -0.1) is 0 Å². The molecule has 1 unspecified atom stereocenters. The standard InChI is InChI=1S/C22H42O2/c1-5-7-8-11-19(23)15-13-18-14-16-21(24)20(18)12-9-10-17-22(3,4)6-2/h8,11,18-21,23-24H,5-7,9-10,12-17H2,1-4H3/t18-,19?,20+,21-/m0/s1. The smallest absolute Gasteiger partial charge is 0.0721 e. The third-order valence-electron chi connectivity index (χ3n) is 6.18. The third kappa shape index (κ3) is 8.16. The average molecular weight is 339 g/mol. The summed E-state index contributed by atoms with van der Waals surface area (Å²) in [6, 6.07) is 0. The highest BCUT2D eigenvalue weighted by Gasteiger charge is 2.34. The average Bonchev–Trinajstić information content (AvgIpc) is 2.90. The van der Waals surface area contributed by atoms with Crippen molar-refractivity contribution in [2.24, 2.45) is 17.3 Å². The molecule has 0 bridgehead atoms. The largest absolute Gasteiger partial charge is 0.393 e. The maximum atomic E-state index is 10.3. The van der Waals surface area contributed by atoms with Crippen LogP contribution in [-0.2, 0) is 0 Å². The highest BCUT2D eigenvalue weighted by Crippen LogP contribution is 2.39. The van der Waals surface area contributed by atoms with E-state index in [4.69, 9.17) is 0 Å². The summed E-state index contributed by atoms with van der Waals surface area (Å²) in [7, 11) is 0. The molecule has 0 radical (unpaired) electrons. The van der Waals surface area contributed by atoms with Crippen LogP contribution in [-0.4, -0.2) is 22.4 Å². The minimum absolute atomic E-state index is 0.109. The lowest BCUT2D eigenvalue weighted by Gasteiger charge is -2.25. The van der Waals surface area contributed by atoms with E-state index in [9.17, 15) is 10.2 Å². The van der Waals surface area contributed by atoms with Gasteiger partial charge in [0.15, 0.2) is 0 Å². The van der Waals surface area contributed by atoms with Crippen molar-refractivity contribution in [3.63, 3.8) is 0 Å². The molecule has 0 aliphatic heterocycles. The highest BCUT2D eigenvalue weighted by molar-refractivity contribution is 4.90. The molecule has 0 spiro atoms. The molecule has 1 fully saturated rings. The fraction of sp³-hybridized carbons (Fsp3) is 0.909. The molecule has 1 saturated carbocycles. The van der Waals surface area contributed by atoms with Crippen LogP contribution in [0.3, 0.4) is 0 Å². The van der Waals surface area contributed by atoms with Crippen LogP contribution in [0.25, 0.3) is 0 Å². The van der Waals surface area contributed by atoms with E-state index in [0.717, 1.165) is 44.9 Å². The Bertz CT molecular complexity index is 348. The molecule has 0 aromatic rings. The number of aliphatic hydroxyl groups excluding tert-OH is 2. The number of hydrogen-bond acceptors (Lipinski definition) is 2. The van der Waals surface area contributed by atoms with Gasteiger partial charge in [0.2, 0.25) is 0 Å². The Morgan fingerprint density at radius 2 is 1.88 bits per heavy atom. The lowest BCUT2D eigenvalue weighted by molar-refractivity contribution is 0.102. The number of rotatable bonds is 12. The van der Waals surface area contributed by atoms with E-state index in [1.165, 1.54) is 25.7 Å². The molecular formula is C22H42O2. The van der Waals surface area contributed by atoms with Gasteiger partial charge in [0, 0.05) is 0 Å². The minimum Gasteiger partial charge on any atom is -0.393 e. The molecular weight excluding hydrogens is 296 g/mol. The molecule has 2 heteroatoms. The Labute approximate surface area is 150 Å². The molecule has 2 N–H and O–H groups in total. The topological polar surface area (TPSA) is 40.5 Å². The molecule has 1 aliphatic carbocycles. The van der Waals surface area contributed by atoms with Crippen molar-refractivity contribution in [1.29, 1.82) is 0 Å². The summed E-state index contributed by atoms with van der Waals surface area (Å²) >= 11 is 0. The first-order valence-corrected chi connectivity index (χ1v) is 10.4. The van der Waals surface area contributed by atoms with Gasteiger partial charge in [-0.1, -0.05) is 65.5 Å². The van der Waals surface area contributed by atoms with Crippen LogP contribution in [0.1, 0.15) is 98.3 Å². The summed E-state index contributed by atoms with van der Waals surface area (Å²) in [6.07, 6.45) is 16.0. The summed E-state index contributed by atoms with van der Waals surface area (Å²) in [5.41, 5.74) is 0.461. The molecule has 24 heavy (non-hydrogen) atoms. The van der Waals surface area contributed by atoms with Gasteiger partial charge < -0.3 is 10.2 Å². The number of aliphatic hydroxyl groups is 2. The number of hydrogen-bond donors (Lipinski definition) is 2. The zero-order valence-electron chi connectivity index (χ0n) is 16.6. The van der Waals surface area contributed by atoms with Gasteiger partial charge in [-0.25, -0.2) is 0 Å². The summed E-state index contributed by atoms with van der Waals surface area (Å²) in [5, 5.41) is 20.4. The fourth-order valence-corrected chi connectivity index (χ4v) is 3.98. The highest BCUT2D eigenvalue weighted by atomic mass is 16.3. The van der Waals surface area contributed by atoms with Crippen LogP contribution in [0, 0.1) is 17.3 Å². The van der Waals surface area contributed by atoms with Gasteiger partial charge in [0.05, 0.1) is 12.2 Å². The van der Waals surface area contributed by atoms with Crippen LogP contribution in [0.5, 0.6) is 0 Å². The Balaban J connectivity index is 2.31. The molecule has 0 saturated heterocycles. The molecule has 0 aromatic carbocycles. The van der Waals surface area contributed by atoms with Gasteiger partial charge in [-0.05, 0) is 62.2 Å². The second-order valence-electron chi connectivity index (χ2n) is 8.69. The van der Waals surface area contributed by atoms with Crippen molar-refractivity contribution in [3.8, 4) is 0 Å². The van der Waals surface area contributed by atoms with Crippen LogP contribution in [0.4, 0.5) is 0 Å². The van der Waals surface area contributed by atoms with Crippen LogP contribution in [0.2, 0.25) is 0 Å². The molecule has 1 rings (SSSR count). The first-order valence-electron chi connectivity index (χ1n) is 10.4. The molecule has 142 valence electrons. The first-order chi connectivity index (χ1) is 11.4. The van der Waals surface area contributed by atoms with Crippen LogP contribution >= 0.6 is 0 Å². The van der Waals surface area contributed by atoms with Crippen LogP contribution < -0.4 is 0 Å². The predicted molar refractivity (Wildman–Crippen MR) is 104 cm³/mol. The summed E-state index contributed by atoms with van der Waals surface area (Å²) < 4.78 is 0. The maximum absolute atomic E-state index is 10.3. The van der Waals surface area contributed by atoms with Crippen molar-refractivity contribution in [3.05, 3.63) is 12.2 Å². The van der Waals surface area contributed by atoms with E-state index in [2.05, 4.69) is 33.8 Å². The van der Waals surface area contributed by atoms with E-state index < -0.39 is 0 Å². The van der Waals surface area contributed by atoms with Crippen molar-refractivity contribution < 1.29 is 10.2 Å². The van der Waals surface area contributed by atoms with Crippen molar-refractivity contribution in [1.82, 2.24) is 0 Å². The quantitative estimate of drug-likeness (QED) is 0.345. The molecule has 4 atom stereocenters. The number of unbranched alkanes of at least 4 members (excludes halogenated alkanes) is 2. The summed E-state index contributed by atoms with van der Waals surface area (Å²) in [4.78, 5) is 0. The third-order valence-corrected chi connectivity index (χ3v) is 6.18. The SMILES string of the molecule is CCCC=CC(O)CC[C@H]1CC[C@H](O)[C@@H]1CCCCC(C)(C)CC. The van der Waals surface area contributed by atoms with Gasteiger partial charge in [-0.3, -0.25) is 0 Å². The van der Waals surface area contributed by atoms with Crippen molar-refractivity contribution in [2.75, 3.05) is 0 Å². The zero-order valence-corrected chi connectivity index (χ0v) is 16.6. The Morgan fingerprint density at radius 3 is 2.54 bits per heavy atom. The van der Waals surface area contributed by atoms with Gasteiger partial charge >= 0.3 is 0 Å². The second kappa shape index (κ2) is 11.3. The lowest BCUT2D eigenvalue weighted by Crippen LogP contribution is -2.20. The Kier molecular flexibility index (Phi) is 10.2. The monoisotopic (exact) mass is 338 g/mol. The fourth-order valence-electron chi connectivity index (χ4n) is 3.98. The van der Waals surface area contributed by atoms with Gasteiger partial charge in [-0.2, -0.15) is 0 Å². The summed E-state index contributed by atoms with van der Waals surface area (Å²) in [5.74, 6) is 1.06. The number of allylic oxidation sites excluding steroid dienone is 1. The van der Waals surface area contributed by atoms with E-state index in [1.54, 1.807) is 0 Å². The van der Waals surface area contributed by atoms with Crippen molar-refractivity contribution in [2.45, 2.75) is 111 Å². The van der Waals surface area contributed by atoms with Gasteiger partial charge in [0.25, 0.3) is 0 Å². The van der Waals surface area contributed by atoms with E-state index in [0.29, 0.717) is 17.3 Å². The Hall–Kier alpha value is -0.340. The van der Waals surface area contributed by atoms with E-state index >= 15 is 0 Å². The predicted octanol–water partition coefficient (Wildman–Crippen LogP) is 5.87. The maximum Gasteiger partial charge on any atom is 0.0721 e. The first kappa shape index (κ1) is 21.7. The molecule has 0 heterocycles. The molecule has 1 aliphatic rings.